The van der Waals surface area contributed by atoms with Gasteiger partial charge in [-0.25, -0.2) is 8.78 Å². The molecule has 1 aliphatic heterocycles. The van der Waals surface area contributed by atoms with Gasteiger partial charge in [-0.05, 0) is 43.7 Å². The lowest BCUT2D eigenvalue weighted by molar-refractivity contribution is 0.119. The lowest BCUT2D eigenvalue weighted by Crippen LogP contribution is -2.51. The molecule has 0 radical (unpaired) electrons. The minimum absolute atomic E-state index is 0.388. The molecule has 0 amide bonds. The first-order valence-corrected chi connectivity index (χ1v) is 10.3. The van der Waals surface area contributed by atoms with Crippen LogP contribution in [0.3, 0.4) is 0 Å². The molecule has 1 aromatic rings. The summed E-state index contributed by atoms with van der Waals surface area (Å²) in [5.74, 6) is -0.806. The highest BCUT2D eigenvalue weighted by Crippen LogP contribution is 2.25. The van der Waals surface area contributed by atoms with Gasteiger partial charge in [-0.1, -0.05) is 31.4 Å². The molecule has 1 heterocycles. The predicted octanol–water partition coefficient (Wildman–Crippen LogP) is 3.47. The second-order valence-electron chi connectivity index (χ2n) is 7.71. The number of piperidine rings is 1. The maximum Gasteiger partial charge on any atom is 0.191 e. The molecule has 0 unspecified atom stereocenters. The van der Waals surface area contributed by atoms with Gasteiger partial charge in [0.25, 0.3) is 0 Å². The molecule has 2 N–H and O–H groups in total. The van der Waals surface area contributed by atoms with Crippen LogP contribution in [0.2, 0.25) is 0 Å². The van der Waals surface area contributed by atoms with Crippen LogP contribution in [0, 0.1) is 11.6 Å². The highest BCUT2D eigenvalue weighted by atomic mass is 19.2. The fraction of sp³-hybridized carbons (Fsp3) is 0.667. The molecule has 1 saturated heterocycles. The van der Waals surface area contributed by atoms with Gasteiger partial charge in [0.2, 0.25) is 0 Å². The van der Waals surface area contributed by atoms with E-state index in [0.29, 0.717) is 24.6 Å². The predicted molar refractivity (Wildman–Crippen MR) is 106 cm³/mol. The Morgan fingerprint density at radius 3 is 2.56 bits per heavy atom. The Morgan fingerprint density at radius 1 is 1.11 bits per heavy atom. The van der Waals surface area contributed by atoms with E-state index >= 15 is 0 Å². The summed E-state index contributed by atoms with van der Waals surface area (Å²) >= 11 is 0. The molecule has 0 aromatic heterocycles. The Kier molecular flexibility index (Phi) is 7.44. The molecule has 0 atom stereocenters. The quantitative estimate of drug-likeness (QED) is 0.609. The van der Waals surface area contributed by atoms with Gasteiger partial charge in [-0.2, -0.15) is 0 Å². The van der Waals surface area contributed by atoms with Crippen LogP contribution in [0.15, 0.2) is 23.2 Å². The highest BCUT2D eigenvalue weighted by molar-refractivity contribution is 5.79. The largest absolute Gasteiger partial charge is 0.356 e. The van der Waals surface area contributed by atoms with Crippen molar-refractivity contribution in [1.29, 1.82) is 0 Å². The normalized spacial score (nSPS) is 20.6. The van der Waals surface area contributed by atoms with E-state index in [9.17, 15) is 8.78 Å². The van der Waals surface area contributed by atoms with Gasteiger partial charge < -0.3 is 15.5 Å². The van der Waals surface area contributed by atoms with E-state index in [1.54, 1.807) is 19.2 Å². The molecule has 1 saturated carbocycles. The third kappa shape index (κ3) is 5.64. The van der Waals surface area contributed by atoms with Gasteiger partial charge in [0, 0.05) is 38.8 Å². The topological polar surface area (TPSA) is 39.7 Å². The highest BCUT2D eigenvalue weighted by Gasteiger charge is 2.26. The maximum atomic E-state index is 13.7. The maximum absolute atomic E-state index is 13.7. The van der Waals surface area contributed by atoms with Crippen molar-refractivity contribution in [3.63, 3.8) is 0 Å². The first kappa shape index (κ1) is 20.1. The van der Waals surface area contributed by atoms with Crippen LogP contribution in [0.5, 0.6) is 0 Å². The fourth-order valence-corrected chi connectivity index (χ4v) is 4.30. The molecule has 0 spiro atoms. The molecular formula is C21H32F2N4. The van der Waals surface area contributed by atoms with Gasteiger partial charge in [-0.3, -0.25) is 4.99 Å². The van der Waals surface area contributed by atoms with Crippen molar-refractivity contribution in [2.45, 2.75) is 63.5 Å². The van der Waals surface area contributed by atoms with Gasteiger partial charge in [0.05, 0.1) is 0 Å². The first-order chi connectivity index (χ1) is 13.2. The summed E-state index contributed by atoms with van der Waals surface area (Å²) < 4.78 is 27.0. The lowest BCUT2D eigenvalue weighted by Gasteiger charge is -2.39. The van der Waals surface area contributed by atoms with Crippen LogP contribution in [-0.2, 0) is 6.42 Å². The Bertz CT molecular complexity index is 621. The Balaban J connectivity index is 1.39. The third-order valence-electron chi connectivity index (χ3n) is 5.90. The molecule has 6 heteroatoms. The Labute approximate surface area is 161 Å². The summed E-state index contributed by atoms with van der Waals surface area (Å²) in [6, 6.07) is 5.52. The Morgan fingerprint density at radius 2 is 1.85 bits per heavy atom. The standard InChI is InChI=1S/C21H32F2N4/c1-24-21(25-13-10-16-6-5-9-19(22)20(16)23)26-17-11-14-27(15-12-17)18-7-3-2-4-8-18/h5-6,9,17-18H,2-4,7-8,10-15H2,1H3,(H2,24,25,26). The number of nitrogens with one attached hydrogen (secondary N) is 2. The van der Waals surface area contributed by atoms with Crippen molar-refractivity contribution < 1.29 is 8.78 Å². The molecular weight excluding hydrogens is 346 g/mol. The van der Waals surface area contributed by atoms with Crippen LogP contribution in [-0.4, -0.2) is 49.6 Å². The average molecular weight is 379 g/mol. The van der Waals surface area contributed by atoms with E-state index in [1.165, 1.54) is 32.1 Å². The van der Waals surface area contributed by atoms with Gasteiger partial charge in [0.1, 0.15) is 0 Å². The second kappa shape index (κ2) is 10.0. The molecule has 150 valence electrons. The zero-order valence-electron chi connectivity index (χ0n) is 16.3. The van der Waals surface area contributed by atoms with Crippen molar-refractivity contribution >= 4 is 5.96 Å². The van der Waals surface area contributed by atoms with Crippen LogP contribution in [0.1, 0.15) is 50.5 Å². The number of halogens is 2. The van der Waals surface area contributed by atoms with Crippen LogP contribution in [0.4, 0.5) is 8.78 Å². The number of benzene rings is 1. The van der Waals surface area contributed by atoms with E-state index in [1.807, 2.05) is 0 Å². The second-order valence-corrected chi connectivity index (χ2v) is 7.71. The van der Waals surface area contributed by atoms with E-state index in [2.05, 4.69) is 20.5 Å². The third-order valence-corrected chi connectivity index (χ3v) is 5.90. The number of likely N-dealkylation sites (tertiary alicyclic amines) is 1. The number of aliphatic imine (C=N–C) groups is 1. The number of hydrogen-bond acceptors (Lipinski definition) is 2. The summed E-state index contributed by atoms with van der Waals surface area (Å²) in [6.45, 7) is 2.81. The van der Waals surface area contributed by atoms with Gasteiger partial charge in [-0.15, -0.1) is 0 Å². The van der Waals surface area contributed by atoms with Gasteiger partial charge in [0.15, 0.2) is 17.6 Å². The first-order valence-electron chi connectivity index (χ1n) is 10.3. The molecule has 2 fully saturated rings. The van der Waals surface area contributed by atoms with Crippen molar-refractivity contribution in [3.8, 4) is 0 Å². The van der Waals surface area contributed by atoms with Crippen molar-refractivity contribution in [2.75, 3.05) is 26.7 Å². The lowest BCUT2D eigenvalue weighted by atomic mass is 9.92. The number of rotatable bonds is 5. The smallest absolute Gasteiger partial charge is 0.191 e. The van der Waals surface area contributed by atoms with E-state index in [4.69, 9.17) is 0 Å². The van der Waals surface area contributed by atoms with Crippen molar-refractivity contribution in [3.05, 3.63) is 35.4 Å². The summed E-state index contributed by atoms with van der Waals surface area (Å²) in [5.41, 5.74) is 0.388. The fourth-order valence-electron chi connectivity index (χ4n) is 4.30. The molecule has 2 aliphatic rings. The molecule has 4 nitrogen and oxygen atoms in total. The zero-order chi connectivity index (χ0) is 19.1. The average Bonchev–Trinajstić information content (AvgIpc) is 2.71. The molecule has 1 aliphatic carbocycles. The zero-order valence-corrected chi connectivity index (χ0v) is 16.3. The van der Waals surface area contributed by atoms with Crippen LogP contribution < -0.4 is 10.6 Å². The number of nitrogens with zero attached hydrogens (tertiary/aromatic N) is 2. The summed E-state index contributed by atoms with van der Waals surface area (Å²) in [7, 11) is 1.75. The Hall–Kier alpha value is -1.69. The van der Waals surface area contributed by atoms with Gasteiger partial charge >= 0.3 is 0 Å². The molecule has 27 heavy (non-hydrogen) atoms. The van der Waals surface area contributed by atoms with E-state index in [0.717, 1.165) is 44.0 Å². The SMILES string of the molecule is CN=C(NCCc1cccc(F)c1F)NC1CCN(C2CCCCC2)CC1. The van der Waals surface area contributed by atoms with Crippen molar-refractivity contribution in [2.24, 2.45) is 4.99 Å². The minimum Gasteiger partial charge on any atom is -0.356 e. The summed E-state index contributed by atoms with van der Waals surface area (Å²) in [5, 5.41) is 6.71. The molecule has 3 rings (SSSR count). The summed E-state index contributed by atoms with van der Waals surface area (Å²) in [4.78, 5) is 6.94. The monoisotopic (exact) mass is 378 g/mol. The molecule has 1 aromatic carbocycles. The van der Waals surface area contributed by atoms with E-state index in [-0.39, 0.29) is 0 Å². The number of guanidine groups is 1. The number of hydrogen-bond donors (Lipinski definition) is 2. The van der Waals surface area contributed by atoms with Crippen LogP contribution in [0.25, 0.3) is 0 Å². The minimum atomic E-state index is -0.792. The summed E-state index contributed by atoms with van der Waals surface area (Å²) in [6.07, 6.45) is 9.54. The van der Waals surface area contributed by atoms with E-state index < -0.39 is 11.6 Å². The van der Waals surface area contributed by atoms with Crippen molar-refractivity contribution in [1.82, 2.24) is 15.5 Å². The molecule has 0 bridgehead atoms. The van der Waals surface area contributed by atoms with Crippen LogP contribution >= 0.6 is 0 Å².